The monoisotopic (exact) mass is 758 g/mol. The van der Waals surface area contributed by atoms with E-state index in [1.54, 1.807) is 0 Å². The van der Waals surface area contributed by atoms with Crippen molar-refractivity contribution in [2.75, 3.05) is 5.75 Å². The highest BCUT2D eigenvalue weighted by Crippen LogP contribution is 2.17. The first-order valence-electron chi connectivity index (χ1n) is 23.2. The number of hydrogen-bond donors (Lipinski definition) is 3. The molecule has 0 fully saturated rings. The molecule has 0 bridgehead atoms. The first-order chi connectivity index (χ1) is 25.3. The summed E-state index contributed by atoms with van der Waals surface area (Å²) >= 11 is 0. The summed E-state index contributed by atoms with van der Waals surface area (Å²) < 4.78 is 32.6. The lowest BCUT2D eigenvalue weighted by atomic mass is 10.0. The molecule has 2 unspecified atom stereocenters. The van der Waals surface area contributed by atoms with Crippen molar-refractivity contribution in [3.63, 3.8) is 0 Å². The highest BCUT2D eigenvalue weighted by molar-refractivity contribution is 7.85. The Morgan fingerprint density at radius 3 is 0.962 bits per heavy atom. The Balaban J connectivity index is 3.73. The molecule has 0 rings (SSSR count). The van der Waals surface area contributed by atoms with Gasteiger partial charge in [-0.3, -0.25) is 9.35 Å². The van der Waals surface area contributed by atoms with E-state index in [-0.39, 0.29) is 5.91 Å². The Bertz CT molecular complexity index is 836. The summed E-state index contributed by atoms with van der Waals surface area (Å²) in [5, 5.41) is 13.4. The van der Waals surface area contributed by atoms with E-state index in [2.05, 4.69) is 19.2 Å². The molecule has 2 atom stereocenters. The fraction of sp³-hybridized carbons (Fsp3) is 0.978. The molecule has 0 saturated carbocycles. The summed E-state index contributed by atoms with van der Waals surface area (Å²) in [6.45, 7) is 4.55. The third-order valence-corrected chi connectivity index (χ3v) is 11.8. The zero-order valence-electron chi connectivity index (χ0n) is 35.0. The van der Waals surface area contributed by atoms with Gasteiger partial charge in [0, 0.05) is 6.42 Å². The number of nitrogens with one attached hydrogen (secondary N) is 1. The number of amides is 1. The van der Waals surface area contributed by atoms with E-state index in [9.17, 15) is 22.9 Å². The van der Waals surface area contributed by atoms with Crippen LogP contribution in [-0.4, -0.2) is 41.9 Å². The lowest BCUT2D eigenvalue weighted by molar-refractivity contribution is -0.122. The Morgan fingerprint density at radius 1 is 0.442 bits per heavy atom. The fourth-order valence-corrected chi connectivity index (χ4v) is 8.33. The van der Waals surface area contributed by atoms with Gasteiger partial charge < -0.3 is 10.4 Å². The SMILES string of the molecule is CCCCCCCCCCCCCCCCCCCCCCCCC(=O)NC(CS(=O)(=O)O)C(O)CCCCCCCCCCCCCCCCC. The highest BCUT2D eigenvalue weighted by atomic mass is 32.2. The zero-order valence-corrected chi connectivity index (χ0v) is 35.8. The van der Waals surface area contributed by atoms with Crippen LogP contribution in [0.4, 0.5) is 0 Å². The Labute approximate surface area is 325 Å². The molecule has 0 aromatic heterocycles. The van der Waals surface area contributed by atoms with Gasteiger partial charge in [0.1, 0.15) is 0 Å². The van der Waals surface area contributed by atoms with Crippen molar-refractivity contribution >= 4 is 16.0 Å². The number of carbonyl (C=O) groups is 1. The van der Waals surface area contributed by atoms with Crippen LogP contribution in [0.5, 0.6) is 0 Å². The minimum absolute atomic E-state index is 0.239. The van der Waals surface area contributed by atoms with E-state index in [4.69, 9.17) is 0 Å². The van der Waals surface area contributed by atoms with Gasteiger partial charge in [0.25, 0.3) is 10.1 Å². The number of carbonyl (C=O) groups excluding carboxylic acids is 1. The number of aliphatic hydroxyl groups excluding tert-OH is 1. The summed E-state index contributed by atoms with van der Waals surface area (Å²) in [6.07, 6.45) is 47.8. The Morgan fingerprint density at radius 2 is 0.692 bits per heavy atom. The molecule has 0 aliphatic heterocycles. The molecular weight excluding hydrogens is 667 g/mol. The molecule has 0 heterocycles. The summed E-state index contributed by atoms with van der Waals surface area (Å²) in [6, 6.07) is -0.964. The molecule has 6 nitrogen and oxygen atoms in total. The van der Waals surface area contributed by atoms with E-state index in [0.717, 1.165) is 38.5 Å². The van der Waals surface area contributed by atoms with Crippen molar-refractivity contribution in [3.05, 3.63) is 0 Å². The van der Waals surface area contributed by atoms with E-state index in [1.807, 2.05) is 0 Å². The molecule has 0 radical (unpaired) electrons. The van der Waals surface area contributed by atoms with E-state index >= 15 is 0 Å². The van der Waals surface area contributed by atoms with Crippen molar-refractivity contribution < 1.29 is 22.9 Å². The first kappa shape index (κ1) is 51.3. The highest BCUT2D eigenvalue weighted by Gasteiger charge is 2.26. The maximum absolute atomic E-state index is 12.6. The van der Waals surface area contributed by atoms with Crippen molar-refractivity contribution in [1.82, 2.24) is 5.32 Å². The predicted molar refractivity (Wildman–Crippen MR) is 226 cm³/mol. The normalized spacial score (nSPS) is 13.1. The van der Waals surface area contributed by atoms with Crippen LogP contribution in [0.1, 0.15) is 264 Å². The zero-order chi connectivity index (χ0) is 38.2. The molecule has 0 aromatic carbocycles. The standard InChI is InChI=1S/C45H91NO5S/c1-3-5-7-9-11-13-15-17-19-20-21-22-23-24-25-27-29-31-33-35-37-39-41-45(48)46-43(42-52(49,50)51)44(47)40-38-36-34-32-30-28-26-18-16-14-12-10-8-6-4-2/h43-44,47H,3-42H2,1-2H3,(H,46,48)(H,49,50,51). The molecule has 0 aliphatic rings. The van der Waals surface area contributed by atoms with Gasteiger partial charge in [0.2, 0.25) is 5.91 Å². The summed E-state index contributed by atoms with van der Waals surface area (Å²) in [4.78, 5) is 12.6. The van der Waals surface area contributed by atoms with Gasteiger partial charge in [-0.1, -0.05) is 245 Å². The van der Waals surface area contributed by atoms with E-state index in [0.29, 0.717) is 12.8 Å². The number of rotatable bonds is 43. The van der Waals surface area contributed by atoms with Crippen molar-refractivity contribution in [1.29, 1.82) is 0 Å². The van der Waals surface area contributed by atoms with E-state index < -0.39 is 28.0 Å². The summed E-state index contributed by atoms with van der Waals surface area (Å²) in [7, 11) is -4.30. The molecule has 1 amide bonds. The summed E-state index contributed by atoms with van der Waals surface area (Å²) in [5.74, 6) is -0.879. The minimum atomic E-state index is -4.30. The van der Waals surface area contributed by atoms with Gasteiger partial charge in [0.05, 0.1) is 17.9 Å². The molecule has 0 aliphatic carbocycles. The number of hydrogen-bond acceptors (Lipinski definition) is 4. The second-order valence-electron chi connectivity index (χ2n) is 16.4. The van der Waals surface area contributed by atoms with Crippen LogP contribution in [0.25, 0.3) is 0 Å². The van der Waals surface area contributed by atoms with Crippen LogP contribution < -0.4 is 5.32 Å². The molecule has 0 aromatic rings. The van der Waals surface area contributed by atoms with Crippen LogP contribution in [0.15, 0.2) is 0 Å². The molecule has 0 saturated heterocycles. The number of aliphatic hydroxyl groups is 1. The smallest absolute Gasteiger partial charge is 0.266 e. The Hall–Kier alpha value is -0.660. The average Bonchev–Trinajstić information content (AvgIpc) is 3.11. The second-order valence-corrected chi connectivity index (χ2v) is 17.9. The van der Waals surface area contributed by atoms with Crippen LogP contribution in [0, 0.1) is 0 Å². The predicted octanol–water partition coefficient (Wildman–Crippen LogP) is 14.0. The molecule has 3 N–H and O–H groups in total. The Kier molecular flexibility index (Phi) is 39.5. The van der Waals surface area contributed by atoms with Crippen LogP contribution in [0.3, 0.4) is 0 Å². The van der Waals surface area contributed by atoms with Gasteiger partial charge in [-0.2, -0.15) is 8.42 Å². The van der Waals surface area contributed by atoms with Crippen LogP contribution in [0.2, 0.25) is 0 Å². The first-order valence-corrected chi connectivity index (χ1v) is 24.8. The van der Waals surface area contributed by atoms with Gasteiger partial charge in [-0.05, 0) is 12.8 Å². The van der Waals surface area contributed by atoms with Crippen molar-refractivity contribution in [2.24, 2.45) is 0 Å². The second kappa shape index (κ2) is 40.0. The third-order valence-electron chi connectivity index (χ3n) is 11.1. The van der Waals surface area contributed by atoms with Crippen molar-refractivity contribution in [2.45, 2.75) is 276 Å². The van der Waals surface area contributed by atoms with Crippen molar-refractivity contribution in [3.8, 4) is 0 Å². The van der Waals surface area contributed by atoms with E-state index in [1.165, 1.54) is 199 Å². The van der Waals surface area contributed by atoms with Gasteiger partial charge in [-0.25, -0.2) is 0 Å². The van der Waals surface area contributed by atoms with Gasteiger partial charge >= 0.3 is 0 Å². The number of unbranched alkanes of at least 4 members (excludes halogenated alkanes) is 35. The summed E-state index contributed by atoms with van der Waals surface area (Å²) in [5.41, 5.74) is 0. The third kappa shape index (κ3) is 40.5. The van der Waals surface area contributed by atoms with Gasteiger partial charge in [-0.15, -0.1) is 0 Å². The molecular formula is C45H91NO5S. The molecule has 312 valence electrons. The lowest BCUT2D eigenvalue weighted by Crippen LogP contribution is -2.47. The average molecular weight is 758 g/mol. The topological polar surface area (TPSA) is 104 Å². The lowest BCUT2D eigenvalue weighted by Gasteiger charge is -2.23. The minimum Gasteiger partial charge on any atom is -0.391 e. The molecule has 7 heteroatoms. The largest absolute Gasteiger partial charge is 0.391 e. The maximum atomic E-state index is 12.6. The fourth-order valence-electron chi connectivity index (χ4n) is 7.58. The van der Waals surface area contributed by atoms with Crippen LogP contribution in [-0.2, 0) is 14.9 Å². The molecule has 0 spiro atoms. The van der Waals surface area contributed by atoms with Gasteiger partial charge in [0.15, 0.2) is 0 Å². The quantitative estimate of drug-likeness (QED) is 0.0424. The maximum Gasteiger partial charge on any atom is 0.266 e. The van der Waals surface area contributed by atoms with Crippen LogP contribution >= 0.6 is 0 Å². The molecule has 52 heavy (non-hydrogen) atoms.